The van der Waals surface area contributed by atoms with Gasteiger partial charge in [0.2, 0.25) is 5.91 Å². The summed E-state index contributed by atoms with van der Waals surface area (Å²) in [4.78, 5) is 14.8. The first-order valence-electron chi connectivity index (χ1n) is 8.75. The lowest BCUT2D eigenvalue weighted by Crippen LogP contribution is -2.46. The smallest absolute Gasteiger partial charge is 0.238 e. The van der Waals surface area contributed by atoms with Crippen LogP contribution in [0.15, 0.2) is 24.3 Å². The number of hydrogen-bond donors (Lipinski definition) is 2. The number of ether oxygens (including phenoxy) is 1. The fraction of sp³-hybridized carbons (Fsp3) is 0.611. The number of carbonyl (C=O) groups excluding carboxylic acids is 1. The van der Waals surface area contributed by atoms with Crippen molar-refractivity contribution in [2.75, 3.05) is 38.4 Å². The summed E-state index contributed by atoms with van der Waals surface area (Å²) in [6.07, 6.45) is 3.78. The molecule has 1 aromatic carbocycles. The fourth-order valence-electron chi connectivity index (χ4n) is 3.40. The monoisotopic (exact) mass is 349 g/mol. The average molecular weight is 350 g/mol. The van der Waals surface area contributed by atoms with Crippen LogP contribution in [0, 0.1) is 0 Å². The van der Waals surface area contributed by atoms with Crippen molar-refractivity contribution in [3.63, 3.8) is 0 Å². The van der Waals surface area contributed by atoms with Crippen molar-refractivity contribution in [1.82, 2.24) is 15.5 Å². The predicted molar refractivity (Wildman–Crippen MR) is 98.4 cm³/mol. The maximum absolute atomic E-state index is 12.3. The minimum absolute atomic E-state index is 0.0483. The minimum atomic E-state index is -0.0483. The highest BCUT2D eigenvalue weighted by molar-refractivity contribution is 7.99. The lowest BCUT2D eigenvalue weighted by molar-refractivity contribution is -0.122. The van der Waals surface area contributed by atoms with Gasteiger partial charge in [0.15, 0.2) is 0 Å². The number of nitrogens with one attached hydrogen (secondary N) is 2. The highest BCUT2D eigenvalue weighted by Gasteiger charge is 2.26. The molecule has 2 aliphatic rings. The number of nitrogens with zero attached hydrogens (tertiary/aromatic N) is 1. The molecule has 0 saturated carbocycles. The van der Waals surface area contributed by atoms with Gasteiger partial charge in [0.05, 0.1) is 19.2 Å². The van der Waals surface area contributed by atoms with E-state index in [4.69, 9.17) is 4.74 Å². The van der Waals surface area contributed by atoms with Crippen LogP contribution in [0.4, 0.5) is 0 Å². The summed E-state index contributed by atoms with van der Waals surface area (Å²) in [6, 6.07) is 8.43. The molecular formula is C18H27N3O2S. The van der Waals surface area contributed by atoms with Crippen LogP contribution >= 0.6 is 11.8 Å². The van der Waals surface area contributed by atoms with Crippen LogP contribution in [0.25, 0.3) is 0 Å². The molecule has 6 heteroatoms. The summed E-state index contributed by atoms with van der Waals surface area (Å²) >= 11 is 1.78. The van der Waals surface area contributed by atoms with Crippen LogP contribution in [0.2, 0.25) is 0 Å². The molecule has 3 rings (SSSR count). The van der Waals surface area contributed by atoms with Crippen LogP contribution in [0.3, 0.4) is 0 Å². The number of rotatable bonds is 6. The predicted octanol–water partition coefficient (Wildman–Crippen LogP) is 2.00. The SMILES string of the molecule is COc1ccc(C(CNC(=O)C2CSCN2)N2CCCCC2)cc1. The largest absolute Gasteiger partial charge is 0.497 e. The zero-order chi connectivity index (χ0) is 16.8. The van der Waals surface area contributed by atoms with Crippen molar-refractivity contribution < 1.29 is 9.53 Å². The maximum Gasteiger partial charge on any atom is 0.238 e. The molecule has 2 N–H and O–H groups in total. The second kappa shape index (κ2) is 8.74. The standard InChI is InChI=1S/C18H27N3O2S/c1-23-15-7-5-14(6-8-15)17(21-9-3-2-4-10-21)11-19-18(22)16-12-24-13-20-16/h5-8,16-17,20H,2-4,9-13H2,1H3,(H,19,22). The third kappa shape index (κ3) is 4.43. The van der Waals surface area contributed by atoms with E-state index < -0.39 is 0 Å². The van der Waals surface area contributed by atoms with Gasteiger partial charge < -0.3 is 10.1 Å². The lowest BCUT2D eigenvalue weighted by Gasteiger charge is -2.35. The lowest BCUT2D eigenvalue weighted by atomic mass is 10.0. The Morgan fingerprint density at radius 1 is 1.33 bits per heavy atom. The minimum Gasteiger partial charge on any atom is -0.497 e. The van der Waals surface area contributed by atoms with E-state index in [1.165, 1.54) is 24.8 Å². The normalized spacial score (nSPS) is 23.0. The quantitative estimate of drug-likeness (QED) is 0.823. The Morgan fingerprint density at radius 3 is 2.71 bits per heavy atom. The highest BCUT2D eigenvalue weighted by Crippen LogP contribution is 2.26. The molecular weight excluding hydrogens is 322 g/mol. The number of carbonyl (C=O) groups is 1. The van der Waals surface area contributed by atoms with Crippen molar-refractivity contribution in [3.05, 3.63) is 29.8 Å². The molecule has 2 atom stereocenters. The van der Waals surface area contributed by atoms with E-state index in [0.717, 1.165) is 30.5 Å². The van der Waals surface area contributed by atoms with Crippen molar-refractivity contribution in [2.24, 2.45) is 0 Å². The Hall–Kier alpha value is -1.24. The Morgan fingerprint density at radius 2 is 2.08 bits per heavy atom. The van der Waals surface area contributed by atoms with Crippen LogP contribution < -0.4 is 15.4 Å². The van der Waals surface area contributed by atoms with Crippen molar-refractivity contribution in [3.8, 4) is 5.75 Å². The number of amides is 1. The van der Waals surface area contributed by atoms with E-state index >= 15 is 0 Å². The van der Waals surface area contributed by atoms with Crippen LogP contribution in [-0.2, 0) is 4.79 Å². The van der Waals surface area contributed by atoms with Gasteiger partial charge in [0, 0.05) is 18.2 Å². The van der Waals surface area contributed by atoms with Gasteiger partial charge in [-0.2, -0.15) is 0 Å². The summed E-state index contributed by atoms with van der Waals surface area (Å²) < 4.78 is 5.27. The van der Waals surface area contributed by atoms with Crippen molar-refractivity contribution in [1.29, 1.82) is 0 Å². The molecule has 5 nitrogen and oxygen atoms in total. The highest BCUT2D eigenvalue weighted by atomic mass is 32.2. The molecule has 2 heterocycles. The van der Waals surface area contributed by atoms with Crippen LogP contribution in [-0.4, -0.2) is 55.2 Å². The molecule has 132 valence electrons. The second-order valence-corrected chi connectivity index (χ2v) is 7.43. The van der Waals surface area contributed by atoms with Gasteiger partial charge in [-0.25, -0.2) is 0 Å². The van der Waals surface area contributed by atoms with E-state index in [1.54, 1.807) is 18.9 Å². The van der Waals surface area contributed by atoms with Crippen molar-refractivity contribution in [2.45, 2.75) is 31.3 Å². The molecule has 24 heavy (non-hydrogen) atoms. The molecule has 0 spiro atoms. The molecule has 0 aliphatic carbocycles. The van der Waals surface area contributed by atoms with Gasteiger partial charge in [0.25, 0.3) is 0 Å². The number of piperidine rings is 1. The zero-order valence-corrected chi connectivity index (χ0v) is 15.1. The average Bonchev–Trinajstić information content (AvgIpc) is 3.18. The molecule has 0 bridgehead atoms. The molecule has 1 amide bonds. The number of likely N-dealkylation sites (tertiary alicyclic amines) is 1. The van der Waals surface area contributed by atoms with Gasteiger partial charge in [0.1, 0.15) is 5.75 Å². The fourth-order valence-corrected chi connectivity index (χ4v) is 4.34. The van der Waals surface area contributed by atoms with Gasteiger partial charge in [-0.1, -0.05) is 18.6 Å². The van der Waals surface area contributed by atoms with E-state index in [2.05, 4.69) is 27.7 Å². The molecule has 2 saturated heterocycles. The Kier molecular flexibility index (Phi) is 6.40. The molecule has 1 aromatic rings. The molecule has 2 aliphatic heterocycles. The third-order valence-corrected chi connectivity index (χ3v) is 5.77. The summed E-state index contributed by atoms with van der Waals surface area (Å²) in [7, 11) is 1.68. The number of hydrogen-bond acceptors (Lipinski definition) is 5. The molecule has 2 fully saturated rings. The van der Waals surface area contributed by atoms with Gasteiger partial charge in [-0.15, -0.1) is 11.8 Å². The summed E-state index contributed by atoms with van der Waals surface area (Å²) in [6.45, 7) is 2.86. The first kappa shape index (κ1) is 17.6. The third-order valence-electron chi connectivity index (χ3n) is 4.83. The Balaban J connectivity index is 1.67. The molecule has 0 aromatic heterocycles. The zero-order valence-electron chi connectivity index (χ0n) is 14.3. The number of thioether (sulfide) groups is 1. The molecule has 2 unspecified atom stereocenters. The Bertz CT molecular complexity index is 526. The Labute approximate surface area is 148 Å². The first-order valence-corrected chi connectivity index (χ1v) is 9.90. The van der Waals surface area contributed by atoms with Crippen LogP contribution in [0.1, 0.15) is 30.9 Å². The summed E-state index contributed by atoms with van der Waals surface area (Å²) in [5.74, 6) is 2.72. The van der Waals surface area contributed by atoms with E-state index in [1.807, 2.05) is 12.1 Å². The first-order chi connectivity index (χ1) is 11.8. The number of methoxy groups -OCH3 is 1. The number of benzene rings is 1. The van der Waals surface area contributed by atoms with E-state index in [0.29, 0.717) is 6.54 Å². The summed E-state index contributed by atoms with van der Waals surface area (Å²) in [5, 5.41) is 6.40. The molecule has 0 radical (unpaired) electrons. The van der Waals surface area contributed by atoms with Crippen molar-refractivity contribution >= 4 is 17.7 Å². The van der Waals surface area contributed by atoms with E-state index in [-0.39, 0.29) is 18.0 Å². The van der Waals surface area contributed by atoms with Crippen LogP contribution in [0.5, 0.6) is 5.75 Å². The maximum atomic E-state index is 12.3. The van der Waals surface area contributed by atoms with Gasteiger partial charge >= 0.3 is 0 Å². The second-order valence-electron chi connectivity index (χ2n) is 6.40. The van der Waals surface area contributed by atoms with Gasteiger partial charge in [-0.3, -0.25) is 15.0 Å². The summed E-state index contributed by atoms with van der Waals surface area (Å²) in [5.41, 5.74) is 1.24. The van der Waals surface area contributed by atoms with Gasteiger partial charge in [-0.05, 0) is 43.6 Å². The van der Waals surface area contributed by atoms with E-state index in [9.17, 15) is 4.79 Å². The topological polar surface area (TPSA) is 53.6 Å².